The molecular weight excluding hydrogens is 206 g/mol. The first-order valence-corrected chi connectivity index (χ1v) is 4.81. The van der Waals surface area contributed by atoms with Crippen LogP contribution in [-0.2, 0) is 6.54 Å². The maximum absolute atomic E-state index is 11.6. The minimum absolute atomic E-state index is 0.141. The van der Waals surface area contributed by atoms with E-state index in [1.165, 1.54) is 12.1 Å². The summed E-state index contributed by atoms with van der Waals surface area (Å²) in [5.74, 6) is 0.645. The van der Waals surface area contributed by atoms with Gasteiger partial charge < -0.3 is 15.4 Å². The van der Waals surface area contributed by atoms with E-state index in [-0.39, 0.29) is 11.7 Å². The number of nitrogens with zero attached hydrogens (tertiary/aromatic N) is 1. The maximum atomic E-state index is 11.6. The highest BCUT2D eigenvalue weighted by molar-refractivity contribution is 5.94. The zero-order valence-electron chi connectivity index (χ0n) is 8.47. The van der Waals surface area contributed by atoms with E-state index in [9.17, 15) is 4.79 Å². The van der Waals surface area contributed by atoms with Gasteiger partial charge in [-0.1, -0.05) is 0 Å². The number of amides is 1. The SMILES string of the molecule is O=C(NCc1ncc[nH]1)c1ccc(O)cc1. The third-order valence-corrected chi connectivity index (χ3v) is 2.10. The smallest absolute Gasteiger partial charge is 0.251 e. The topological polar surface area (TPSA) is 78.0 Å². The molecule has 2 aromatic rings. The number of H-pyrrole nitrogens is 1. The van der Waals surface area contributed by atoms with Gasteiger partial charge in [-0.2, -0.15) is 0 Å². The minimum Gasteiger partial charge on any atom is -0.508 e. The molecule has 0 radical (unpaired) electrons. The summed E-state index contributed by atoms with van der Waals surface area (Å²) in [7, 11) is 0. The van der Waals surface area contributed by atoms with Crippen LogP contribution in [0.1, 0.15) is 16.2 Å². The summed E-state index contributed by atoms with van der Waals surface area (Å²) in [6, 6.07) is 6.07. The minimum atomic E-state index is -0.198. The number of nitrogens with one attached hydrogen (secondary N) is 2. The lowest BCUT2D eigenvalue weighted by atomic mass is 10.2. The quantitative estimate of drug-likeness (QED) is 0.719. The van der Waals surface area contributed by atoms with Crippen LogP contribution >= 0.6 is 0 Å². The van der Waals surface area contributed by atoms with Crippen molar-refractivity contribution in [1.29, 1.82) is 0 Å². The molecule has 0 unspecified atom stereocenters. The number of phenols is 1. The monoisotopic (exact) mass is 217 g/mol. The molecule has 0 spiro atoms. The van der Waals surface area contributed by atoms with Crippen LogP contribution in [0.3, 0.4) is 0 Å². The van der Waals surface area contributed by atoms with Crippen molar-refractivity contribution in [2.75, 3.05) is 0 Å². The van der Waals surface area contributed by atoms with Crippen LogP contribution in [0.15, 0.2) is 36.7 Å². The molecule has 0 bridgehead atoms. The predicted octanol–water partition coefficient (Wildman–Crippen LogP) is 1.05. The van der Waals surface area contributed by atoms with E-state index in [0.717, 1.165) is 0 Å². The summed E-state index contributed by atoms with van der Waals surface area (Å²) in [5.41, 5.74) is 0.504. The van der Waals surface area contributed by atoms with E-state index in [2.05, 4.69) is 15.3 Å². The van der Waals surface area contributed by atoms with Crippen LogP contribution in [0.2, 0.25) is 0 Å². The number of carbonyl (C=O) groups excluding carboxylic acids is 1. The molecule has 5 heteroatoms. The molecule has 0 atom stereocenters. The number of aromatic nitrogens is 2. The number of imidazole rings is 1. The molecule has 0 aliphatic rings. The van der Waals surface area contributed by atoms with Crippen LogP contribution in [0.5, 0.6) is 5.75 Å². The maximum Gasteiger partial charge on any atom is 0.251 e. The highest BCUT2D eigenvalue weighted by Crippen LogP contribution is 2.09. The molecule has 3 N–H and O–H groups in total. The van der Waals surface area contributed by atoms with Crippen LogP contribution in [0, 0.1) is 0 Å². The summed E-state index contributed by atoms with van der Waals surface area (Å²) in [6.07, 6.45) is 3.32. The summed E-state index contributed by atoms with van der Waals surface area (Å²) in [5, 5.41) is 11.8. The van der Waals surface area contributed by atoms with Gasteiger partial charge in [-0.25, -0.2) is 4.98 Å². The van der Waals surface area contributed by atoms with Crippen LogP contribution in [-0.4, -0.2) is 21.0 Å². The third kappa shape index (κ3) is 2.38. The van der Waals surface area contributed by atoms with Crippen molar-refractivity contribution < 1.29 is 9.90 Å². The first kappa shape index (κ1) is 10.2. The first-order valence-electron chi connectivity index (χ1n) is 4.81. The summed E-state index contributed by atoms with van der Waals surface area (Å²) >= 11 is 0. The second kappa shape index (κ2) is 4.48. The van der Waals surface area contributed by atoms with Crippen molar-refractivity contribution in [2.24, 2.45) is 0 Å². The Kier molecular flexibility index (Phi) is 2.86. The number of hydrogen-bond donors (Lipinski definition) is 3. The van der Waals surface area contributed by atoms with Crippen molar-refractivity contribution in [2.45, 2.75) is 6.54 Å². The number of aromatic hydroxyl groups is 1. The fourth-order valence-corrected chi connectivity index (χ4v) is 1.27. The molecule has 0 fully saturated rings. The lowest BCUT2D eigenvalue weighted by molar-refractivity contribution is 0.0950. The van der Waals surface area contributed by atoms with Crippen molar-refractivity contribution in [3.8, 4) is 5.75 Å². The van der Waals surface area contributed by atoms with E-state index in [0.29, 0.717) is 17.9 Å². The van der Waals surface area contributed by atoms with Crippen LogP contribution in [0.25, 0.3) is 0 Å². The molecule has 82 valence electrons. The largest absolute Gasteiger partial charge is 0.508 e. The predicted molar refractivity (Wildman–Crippen MR) is 57.9 cm³/mol. The van der Waals surface area contributed by atoms with E-state index >= 15 is 0 Å². The van der Waals surface area contributed by atoms with Gasteiger partial charge in [0.05, 0.1) is 6.54 Å². The van der Waals surface area contributed by atoms with Gasteiger partial charge in [0.15, 0.2) is 0 Å². The molecule has 0 aliphatic heterocycles. The van der Waals surface area contributed by atoms with Gasteiger partial charge in [0.1, 0.15) is 11.6 Å². The molecule has 1 aromatic carbocycles. The molecular formula is C11H11N3O2. The van der Waals surface area contributed by atoms with Crippen molar-refractivity contribution in [1.82, 2.24) is 15.3 Å². The fourth-order valence-electron chi connectivity index (χ4n) is 1.27. The number of phenolic OH excluding ortho intramolecular Hbond substituents is 1. The normalized spacial score (nSPS) is 10.0. The number of hydrogen-bond acceptors (Lipinski definition) is 3. The number of benzene rings is 1. The lowest BCUT2D eigenvalue weighted by Gasteiger charge is -2.03. The van der Waals surface area contributed by atoms with Gasteiger partial charge in [0.25, 0.3) is 5.91 Å². The summed E-state index contributed by atoms with van der Waals surface area (Å²) in [6.45, 7) is 0.354. The van der Waals surface area contributed by atoms with Gasteiger partial charge in [-0.05, 0) is 24.3 Å². The molecule has 1 aromatic heterocycles. The number of aromatic amines is 1. The van der Waals surface area contributed by atoms with E-state index < -0.39 is 0 Å². The van der Waals surface area contributed by atoms with Gasteiger partial charge in [0.2, 0.25) is 0 Å². The molecule has 0 saturated carbocycles. The molecule has 0 saturated heterocycles. The average molecular weight is 217 g/mol. The molecule has 0 aliphatic carbocycles. The van der Waals surface area contributed by atoms with E-state index in [1.807, 2.05) is 0 Å². The summed E-state index contributed by atoms with van der Waals surface area (Å²) in [4.78, 5) is 18.5. The molecule has 16 heavy (non-hydrogen) atoms. The highest BCUT2D eigenvalue weighted by Gasteiger charge is 2.05. The van der Waals surface area contributed by atoms with Gasteiger partial charge in [0, 0.05) is 18.0 Å². The van der Waals surface area contributed by atoms with Crippen molar-refractivity contribution in [3.05, 3.63) is 48.0 Å². The second-order valence-corrected chi connectivity index (χ2v) is 3.27. The third-order valence-electron chi connectivity index (χ3n) is 2.10. The molecule has 1 amide bonds. The average Bonchev–Trinajstić information content (AvgIpc) is 2.80. The Balaban J connectivity index is 1.95. The Hall–Kier alpha value is -2.30. The second-order valence-electron chi connectivity index (χ2n) is 3.27. The number of rotatable bonds is 3. The lowest BCUT2D eigenvalue weighted by Crippen LogP contribution is -2.23. The Morgan fingerprint density at radius 2 is 2.12 bits per heavy atom. The standard InChI is InChI=1S/C11H11N3O2/c15-9-3-1-8(2-4-9)11(16)14-7-10-12-5-6-13-10/h1-6,15H,7H2,(H,12,13)(H,14,16). The van der Waals surface area contributed by atoms with Gasteiger partial charge in [-0.15, -0.1) is 0 Å². The zero-order chi connectivity index (χ0) is 11.4. The Morgan fingerprint density at radius 1 is 1.38 bits per heavy atom. The van der Waals surface area contributed by atoms with Crippen molar-refractivity contribution >= 4 is 5.91 Å². The van der Waals surface area contributed by atoms with E-state index in [1.54, 1.807) is 24.5 Å². The zero-order valence-corrected chi connectivity index (χ0v) is 8.47. The highest BCUT2D eigenvalue weighted by atomic mass is 16.3. The fraction of sp³-hybridized carbons (Fsp3) is 0.0909. The first-order chi connectivity index (χ1) is 7.75. The van der Waals surface area contributed by atoms with Gasteiger partial charge >= 0.3 is 0 Å². The Labute approximate surface area is 92.2 Å². The van der Waals surface area contributed by atoms with Crippen molar-refractivity contribution in [3.63, 3.8) is 0 Å². The Morgan fingerprint density at radius 3 is 2.75 bits per heavy atom. The van der Waals surface area contributed by atoms with Gasteiger partial charge in [-0.3, -0.25) is 4.79 Å². The van der Waals surface area contributed by atoms with E-state index in [4.69, 9.17) is 5.11 Å². The molecule has 1 heterocycles. The summed E-state index contributed by atoms with van der Waals surface area (Å²) < 4.78 is 0. The van der Waals surface area contributed by atoms with Crippen LogP contribution < -0.4 is 5.32 Å². The Bertz CT molecular complexity index is 462. The van der Waals surface area contributed by atoms with Crippen LogP contribution in [0.4, 0.5) is 0 Å². The molecule has 2 rings (SSSR count). The number of carbonyl (C=O) groups is 1. The molecule has 5 nitrogen and oxygen atoms in total.